The summed E-state index contributed by atoms with van der Waals surface area (Å²) in [4.78, 5) is 13.4. The van der Waals surface area contributed by atoms with E-state index in [-0.39, 0.29) is 18.3 Å². The van der Waals surface area contributed by atoms with Gasteiger partial charge in [-0.15, -0.1) is 0 Å². The van der Waals surface area contributed by atoms with Crippen molar-refractivity contribution >= 4 is 21.6 Å². The molecule has 24 heavy (non-hydrogen) atoms. The van der Waals surface area contributed by atoms with E-state index in [9.17, 15) is 17.6 Å². The van der Waals surface area contributed by atoms with E-state index in [0.29, 0.717) is 16.8 Å². The zero-order valence-corrected chi connectivity index (χ0v) is 14.5. The molecule has 128 valence electrons. The lowest BCUT2D eigenvalue weighted by atomic mass is 10.1. The normalized spacial score (nSPS) is 11.2. The Balaban J connectivity index is 2.32. The summed E-state index contributed by atoms with van der Waals surface area (Å²) in [7, 11) is -0.239. The topological polar surface area (TPSA) is 57.7 Å². The van der Waals surface area contributed by atoms with Crippen LogP contribution in [-0.2, 0) is 16.6 Å². The van der Waals surface area contributed by atoms with Crippen LogP contribution < -0.4 is 4.31 Å². The summed E-state index contributed by atoms with van der Waals surface area (Å²) >= 11 is 0. The lowest BCUT2D eigenvalue weighted by Gasteiger charge is -2.23. The van der Waals surface area contributed by atoms with Crippen molar-refractivity contribution in [2.75, 3.05) is 24.7 Å². The third kappa shape index (κ3) is 4.32. The Labute approximate surface area is 141 Å². The average molecular weight is 350 g/mol. The lowest BCUT2D eigenvalue weighted by molar-refractivity contribution is 0.0827. The summed E-state index contributed by atoms with van der Waals surface area (Å²) in [5.74, 6) is -0.540. The van der Waals surface area contributed by atoms with E-state index >= 15 is 0 Å². The molecule has 2 aromatic rings. The molecule has 0 fully saturated rings. The van der Waals surface area contributed by atoms with Gasteiger partial charge in [-0.25, -0.2) is 12.8 Å². The molecule has 0 saturated heterocycles. The van der Waals surface area contributed by atoms with E-state index in [0.717, 1.165) is 6.26 Å². The van der Waals surface area contributed by atoms with Crippen LogP contribution >= 0.6 is 0 Å². The first-order valence-electron chi connectivity index (χ1n) is 7.22. The minimum Gasteiger partial charge on any atom is -0.345 e. The van der Waals surface area contributed by atoms with Crippen molar-refractivity contribution < 1.29 is 17.6 Å². The third-order valence-corrected chi connectivity index (χ3v) is 4.59. The van der Waals surface area contributed by atoms with Crippen LogP contribution in [0.5, 0.6) is 0 Å². The molecule has 0 heterocycles. The SMILES string of the molecule is CN(C)C(=O)c1ccc(N(Cc2ccc(F)cc2)S(C)(=O)=O)cc1. The minimum atomic E-state index is -3.53. The monoisotopic (exact) mass is 350 g/mol. The van der Waals surface area contributed by atoms with Gasteiger partial charge in [-0.3, -0.25) is 9.10 Å². The molecule has 5 nitrogen and oxygen atoms in total. The van der Waals surface area contributed by atoms with Crippen LogP contribution in [-0.4, -0.2) is 39.6 Å². The number of hydrogen-bond donors (Lipinski definition) is 0. The molecule has 0 radical (unpaired) electrons. The molecule has 2 aromatic carbocycles. The molecule has 0 aromatic heterocycles. The number of halogens is 1. The number of carbonyl (C=O) groups is 1. The van der Waals surface area contributed by atoms with Gasteiger partial charge in [0.15, 0.2) is 0 Å². The van der Waals surface area contributed by atoms with Crippen molar-refractivity contribution in [3.8, 4) is 0 Å². The number of anilines is 1. The van der Waals surface area contributed by atoms with Gasteiger partial charge in [0.25, 0.3) is 5.91 Å². The maximum Gasteiger partial charge on any atom is 0.253 e. The van der Waals surface area contributed by atoms with Gasteiger partial charge in [0.2, 0.25) is 10.0 Å². The summed E-state index contributed by atoms with van der Waals surface area (Å²) in [6, 6.07) is 12.0. The maximum atomic E-state index is 13.0. The van der Waals surface area contributed by atoms with Gasteiger partial charge in [-0.1, -0.05) is 12.1 Å². The van der Waals surface area contributed by atoms with Crippen LogP contribution in [0.15, 0.2) is 48.5 Å². The molecule has 0 aliphatic heterocycles. The fourth-order valence-corrected chi connectivity index (χ4v) is 3.07. The maximum absolute atomic E-state index is 13.0. The van der Waals surface area contributed by atoms with Crippen molar-refractivity contribution in [1.82, 2.24) is 4.90 Å². The molecular formula is C17H19FN2O3S. The Bertz CT molecular complexity index is 816. The summed E-state index contributed by atoms with van der Waals surface area (Å²) in [6.45, 7) is 0.0834. The van der Waals surface area contributed by atoms with Crippen LogP contribution in [0.4, 0.5) is 10.1 Å². The number of carbonyl (C=O) groups excluding carboxylic acids is 1. The van der Waals surface area contributed by atoms with Crippen LogP contribution in [0.2, 0.25) is 0 Å². The highest BCUT2D eigenvalue weighted by molar-refractivity contribution is 7.92. The largest absolute Gasteiger partial charge is 0.345 e. The van der Waals surface area contributed by atoms with Crippen molar-refractivity contribution in [2.24, 2.45) is 0 Å². The molecule has 0 spiro atoms. The molecule has 1 amide bonds. The Morgan fingerprint density at radius 3 is 2.00 bits per heavy atom. The zero-order chi connectivity index (χ0) is 17.9. The Morgan fingerprint density at radius 1 is 1.00 bits per heavy atom. The molecule has 0 bridgehead atoms. The van der Waals surface area contributed by atoms with E-state index in [1.54, 1.807) is 38.4 Å². The average Bonchev–Trinajstić information content (AvgIpc) is 2.52. The van der Waals surface area contributed by atoms with Gasteiger partial charge in [0.05, 0.1) is 18.5 Å². The van der Waals surface area contributed by atoms with Gasteiger partial charge in [0.1, 0.15) is 5.82 Å². The Hall–Kier alpha value is -2.41. The first-order chi connectivity index (χ1) is 11.2. The van der Waals surface area contributed by atoms with Crippen molar-refractivity contribution in [3.63, 3.8) is 0 Å². The molecule has 0 N–H and O–H groups in total. The highest BCUT2D eigenvalue weighted by atomic mass is 32.2. The van der Waals surface area contributed by atoms with Gasteiger partial charge < -0.3 is 4.90 Å². The molecular weight excluding hydrogens is 331 g/mol. The molecule has 0 aliphatic rings. The first kappa shape index (κ1) is 17.9. The van der Waals surface area contributed by atoms with Gasteiger partial charge >= 0.3 is 0 Å². The smallest absolute Gasteiger partial charge is 0.253 e. The van der Waals surface area contributed by atoms with E-state index in [1.807, 2.05) is 0 Å². The van der Waals surface area contributed by atoms with Crippen molar-refractivity contribution in [2.45, 2.75) is 6.54 Å². The third-order valence-electron chi connectivity index (χ3n) is 3.45. The summed E-state index contributed by atoms with van der Waals surface area (Å²) in [5, 5.41) is 0. The highest BCUT2D eigenvalue weighted by Gasteiger charge is 2.18. The predicted molar refractivity (Wildman–Crippen MR) is 91.9 cm³/mol. The van der Waals surface area contributed by atoms with Crippen LogP contribution in [0.25, 0.3) is 0 Å². The van der Waals surface area contributed by atoms with Crippen molar-refractivity contribution in [1.29, 1.82) is 0 Å². The highest BCUT2D eigenvalue weighted by Crippen LogP contribution is 2.21. The Morgan fingerprint density at radius 2 is 1.54 bits per heavy atom. The van der Waals surface area contributed by atoms with Crippen LogP contribution in [0, 0.1) is 5.82 Å². The number of sulfonamides is 1. The molecule has 0 saturated carbocycles. The summed E-state index contributed by atoms with van der Waals surface area (Å²) in [6.07, 6.45) is 1.11. The fraction of sp³-hybridized carbons (Fsp3) is 0.235. The second-order valence-electron chi connectivity index (χ2n) is 5.64. The van der Waals surface area contributed by atoms with Crippen LogP contribution in [0.3, 0.4) is 0 Å². The standard InChI is InChI=1S/C17H19FN2O3S/c1-19(2)17(21)14-6-10-16(11-7-14)20(24(3,22)23)12-13-4-8-15(18)9-5-13/h4-11H,12H2,1-3H3. The summed E-state index contributed by atoms with van der Waals surface area (Å²) in [5.41, 5.74) is 1.58. The zero-order valence-electron chi connectivity index (χ0n) is 13.7. The first-order valence-corrected chi connectivity index (χ1v) is 9.07. The number of nitrogens with zero attached hydrogens (tertiary/aromatic N) is 2. The summed E-state index contributed by atoms with van der Waals surface area (Å²) < 4.78 is 38.4. The second-order valence-corrected chi connectivity index (χ2v) is 7.55. The number of rotatable bonds is 5. The van der Waals surface area contributed by atoms with Crippen LogP contribution in [0.1, 0.15) is 15.9 Å². The predicted octanol–water partition coefficient (Wildman–Crippen LogP) is 2.49. The molecule has 0 atom stereocenters. The van der Waals surface area contributed by atoms with E-state index < -0.39 is 10.0 Å². The molecule has 2 rings (SSSR count). The van der Waals surface area contributed by atoms with Gasteiger partial charge in [-0.05, 0) is 42.0 Å². The lowest BCUT2D eigenvalue weighted by Crippen LogP contribution is -2.29. The number of benzene rings is 2. The van der Waals surface area contributed by atoms with Crippen molar-refractivity contribution in [3.05, 3.63) is 65.5 Å². The molecule has 7 heteroatoms. The quantitative estimate of drug-likeness (QED) is 0.832. The number of hydrogen-bond acceptors (Lipinski definition) is 3. The molecule has 0 unspecified atom stereocenters. The number of amides is 1. The Kier molecular flexibility index (Phi) is 5.23. The van der Waals surface area contributed by atoms with Gasteiger partial charge in [0, 0.05) is 19.7 Å². The second kappa shape index (κ2) is 7.00. The molecule has 0 aliphatic carbocycles. The van der Waals surface area contributed by atoms with E-state index in [4.69, 9.17) is 0 Å². The van der Waals surface area contributed by atoms with E-state index in [1.165, 1.54) is 33.5 Å². The fourth-order valence-electron chi connectivity index (χ4n) is 2.18. The van der Waals surface area contributed by atoms with E-state index in [2.05, 4.69) is 0 Å². The van der Waals surface area contributed by atoms with Gasteiger partial charge in [-0.2, -0.15) is 0 Å². The minimum absolute atomic E-state index is 0.0834.